The van der Waals surface area contributed by atoms with Crippen molar-refractivity contribution in [2.45, 2.75) is 13.8 Å². The second kappa shape index (κ2) is 9.83. The molecule has 2 heterocycles. The molecule has 0 amide bonds. The first-order valence-corrected chi connectivity index (χ1v) is 10.3. The van der Waals surface area contributed by atoms with Gasteiger partial charge in [-0.15, -0.1) is 0 Å². The Hall–Kier alpha value is -4.06. The monoisotopic (exact) mass is 424 g/mol. The highest BCUT2D eigenvalue weighted by Crippen LogP contribution is 2.13. The summed E-state index contributed by atoms with van der Waals surface area (Å²) >= 11 is 0. The van der Waals surface area contributed by atoms with Gasteiger partial charge in [-0.2, -0.15) is 0 Å². The molecule has 0 radical (unpaired) electrons. The molecule has 160 valence electrons. The van der Waals surface area contributed by atoms with Crippen LogP contribution in [0.2, 0.25) is 0 Å². The van der Waals surface area contributed by atoms with Crippen molar-refractivity contribution in [3.05, 3.63) is 96.3 Å². The van der Waals surface area contributed by atoms with E-state index in [-0.39, 0.29) is 13.2 Å². The molecular weight excluding hydrogens is 400 g/mol. The Morgan fingerprint density at radius 2 is 1.12 bits per heavy atom. The van der Waals surface area contributed by atoms with E-state index in [1.165, 1.54) is 0 Å². The summed E-state index contributed by atoms with van der Waals surface area (Å²) in [5.74, 6) is 0. The van der Waals surface area contributed by atoms with Crippen LogP contribution in [0.3, 0.4) is 0 Å². The molecule has 4 rings (SSSR count). The number of oxime groups is 2. The van der Waals surface area contributed by atoms with E-state index in [9.17, 15) is 0 Å². The normalized spacial score (nSPS) is 12.2. The minimum Gasteiger partial charge on any atom is -0.391 e. The van der Waals surface area contributed by atoms with Gasteiger partial charge in [0.1, 0.15) is 24.6 Å². The molecule has 0 aliphatic heterocycles. The highest BCUT2D eigenvalue weighted by molar-refractivity contribution is 5.99. The van der Waals surface area contributed by atoms with Gasteiger partial charge in [0, 0.05) is 16.3 Å². The molecule has 0 saturated carbocycles. The zero-order chi connectivity index (χ0) is 22.3. The lowest BCUT2D eigenvalue weighted by atomic mass is 10.2. The quantitative estimate of drug-likeness (QED) is 0.212. The fourth-order valence-corrected chi connectivity index (χ4v) is 3.11. The van der Waals surface area contributed by atoms with Crippen LogP contribution in [-0.4, -0.2) is 34.6 Å². The summed E-state index contributed by atoms with van der Waals surface area (Å²) in [4.78, 5) is 20.1. The molecule has 0 fully saturated rings. The topological polar surface area (TPSA) is 69.0 Å². The van der Waals surface area contributed by atoms with Gasteiger partial charge < -0.3 is 9.68 Å². The molecule has 6 heteroatoms. The third-order valence-corrected chi connectivity index (χ3v) is 4.88. The Labute approximate surface area is 186 Å². The molecule has 0 saturated heterocycles. The van der Waals surface area contributed by atoms with E-state index in [0.717, 1.165) is 38.8 Å². The van der Waals surface area contributed by atoms with E-state index >= 15 is 0 Å². The standard InChI is InChI=1S/C26H24N4O2/c1-18(16-31-29-19(2)23-14-12-21-8-4-6-10-25(21)27-23)17-32-30-20(3)24-15-13-22-9-5-7-11-26(22)28-24/h4-15H,1,16-17H2,2-3H3/b29-19+,30-20+. The van der Waals surface area contributed by atoms with Crippen molar-refractivity contribution >= 4 is 33.2 Å². The smallest absolute Gasteiger partial charge is 0.141 e. The highest BCUT2D eigenvalue weighted by Gasteiger charge is 2.04. The fourth-order valence-electron chi connectivity index (χ4n) is 3.11. The SMILES string of the molecule is C=C(CO/N=C(\C)c1ccc2ccccc2n1)CO/N=C(\C)c1ccc2ccccc2n1. The van der Waals surface area contributed by atoms with Gasteiger partial charge in [0.2, 0.25) is 0 Å². The molecule has 0 aliphatic rings. The molecule has 32 heavy (non-hydrogen) atoms. The van der Waals surface area contributed by atoms with E-state index in [4.69, 9.17) is 9.68 Å². The first-order valence-electron chi connectivity index (χ1n) is 10.3. The maximum atomic E-state index is 5.42. The number of nitrogens with zero attached hydrogens (tertiary/aromatic N) is 4. The zero-order valence-corrected chi connectivity index (χ0v) is 18.2. The van der Waals surface area contributed by atoms with Crippen molar-refractivity contribution in [2.75, 3.05) is 13.2 Å². The van der Waals surface area contributed by atoms with Crippen LogP contribution in [-0.2, 0) is 9.68 Å². The molecule has 0 unspecified atom stereocenters. The number of aromatic nitrogens is 2. The summed E-state index contributed by atoms with van der Waals surface area (Å²) < 4.78 is 0. The van der Waals surface area contributed by atoms with Gasteiger partial charge in [0.25, 0.3) is 0 Å². The largest absolute Gasteiger partial charge is 0.391 e. The molecule has 0 bridgehead atoms. The Kier molecular flexibility index (Phi) is 6.51. The molecule has 0 atom stereocenters. The predicted molar refractivity (Wildman–Crippen MR) is 129 cm³/mol. The minimum atomic E-state index is 0.230. The Bertz CT molecular complexity index is 1230. The molecule has 2 aromatic carbocycles. The van der Waals surface area contributed by atoms with Gasteiger partial charge in [0.15, 0.2) is 0 Å². The molecule has 0 spiro atoms. The fraction of sp³-hybridized carbons (Fsp3) is 0.154. The summed E-state index contributed by atoms with van der Waals surface area (Å²) in [7, 11) is 0. The minimum absolute atomic E-state index is 0.230. The van der Waals surface area contributed by atoms with Crippen LogP contribution in [0.25, 0.3) is 21.8 Å². The lowest BCUT2D eigenvalue weighted by Gasteiger charge is -2.06. The third kappa shape index (κ3) is 5.16. The van der Waals surface area contributed by atoms with Crippen LogP contribution >= 0.6 is 0 Å². The Balaban J connectivity index is 1.28. The lowest BCUT2D eigenvalue weighted by Crippen LogP contribution is -2.05. The number of benzene rings is 2. The number of para-hydroxylation sites is 2. The molecule has 6 nitrogen and oxygen atoms in total. The van der Waals surface area contributed by atoms with Crippen LogP contribution in [0.15, 0.2) is 95.3 Å². The first-order chi connectivity index (χ1) is 15.6. The van der Waals surface area contributed by atoms with E-state index in [2.05, 4.69) is 26.9 Å². The second-order valence-corrected chi connectivity index (χ2v) is 7.43. The number of pyridine rings is 2. The summed E-state index contributed by atoms with van der Waals surface area (Å²) in [5.41, 5.74) is 5.50. The zero-order valence-electron chi connectivity index (χ0n) is 18.2. The van der Waals surface area contributed by atoms with Crippen LogP contribution in [0, 0.1) is 0 Å². The van der Waals surface area contributed by atoms with Crippen molar-refractivity contribution in [3.63, 3.8) is 0 Å². The third-order valence-electron chi connectivity index (χ3n) is 4.88. The van der Waals surface area contributed by atoms with Crippen molar-refractivity contribution in [1.82, 2.24) is 9.97 Å². The molecule has 0 aliphatic carbocycles. The van der Waals surface area contributed by atoms with Gasteiger partial charge >= 0.3 is 0 Å². The van der Waals surface area contributed by atoms with Crippen LogP contribution < -0.4 is 0 Å². The summed E-state index contributed by atoms with van der Waals surface area (Å²) in [5, 5.41) is 10.5. The maximum absolute atomic E-state index is 5.42. The predicted octanol–water partition coefficient (Wildman–Crippen LogP) is 5.52. The van der Waals surface area contributed by atoms with Gasteiger partial charge in [-0.25, -0.2) is 9.97 Å². The van der Waals surface area contributed by atoms with E-state index in [1.54, 1.807) is 0 Å². The van der Waals surface area contributed by atoms with Crippen molar-refractivity contribution in [1.29, 1.82) is 0 Å². The summed E-state index contributed by atoms with van der Waals surface area (Å²) in [6.45, 7) is 8.14. The van der Waals surface area contributed by atoms with E-state index in [0.29, 0.717) is 11.4 Å². The highest BCUT2D eigenvalue weighted by atomic mass is 16.6. The second-order valence-electron chi connectivity index (χ2n) is 7.43. The Morgan fingerprint density at radius 3 is 1.59 bits per heavy atom. The number of hydrogen-bond donors (Lipinski definition) is 0. The average Bonchev–Trinajstić information content (AvgIpc) is 2.83. The van der Waals surface area contributed by atoms with Crippen molar-refractivity contribution in [3.8, 4) is 0 Å². The van der Waals surface area contributed by atoms with Crippen molar-refractivity contribution < 1.29 is 9.68 Å². The number of hydrogen-bond acceptors (Lipinski definition) is 6. The maximum Gasteiger partial charge on any atom is 0.141 e. The Morgan fingerprint density at radius 1 is 0.688 bits per heavy atom. The lowest BCUT2D eigenvalue weighted by molar-refractivity contribution is 0.128. The number of fused-ring (bicyclic) bond motifs is 2. The van der Waals surface area contributed by atoms with Crippen molar-refractivity contribution in [2.24, 2.45) is 10.3 Å². The van der Waals surface area contributed by atoms with Gasteiger partial charge in [-0.3, -0.25) is 0 Å². The van der Waals surface area contributed by atoms with Crippen LogP contribution in [0.4, 0.5) is 0 Å². The first kappa shape index (κ1) is 21.2. The van der Waals surface area contributed by atoms with Crippen LogP contribution in [0.5, 0.6) is 0 Å². The van der Waals surface area contributed by atoms with Gasteiger partial charge in [-0.1, -0.05) is 65.4 Å². The van der Waals surface area contributed by atoms with E-state index < -0.39 is 0 Å². The number of rotatable bonds is 8. The molecular formula is C26H24N4O2. The summed E-state index contributed by atoms with van der Waals surface area (Å²) in [6, 6.07) is 23.8. The van der Waals surface area contributed by atoms with E-state index in [1.807, 2.05) is 86.6 Å². The molecule has 2 aromatic heterocycles. The van der Waals surface area contributed by atoms with Gasteiger partial charge in [-0.05, 0) is 38.1 Å². The van der Waals surface area contributed by atoms with Gasteiger partial charge in [0.05, 0.1) is 22.4 Å². The van der Waals surface area contributed by atoms with Crippen LogP contribution in [0.1, 0.15) is 25.2 Å². The molecule has 0 N–H and O–H groups in total. The molecule has 4 aromatic rings. The summed E-state index contributed by atoms with van der Waals surface area (Å²) in [6.07, 6.45) is 0. The average molecular weight is 425 g/mol.